The normalized spacial score (nSPS) is 10.3. The van der Waals surface area contributed by atoms with E-state index in [0.717, 1.165) is 30.5 Å². The molecule has 0 saturated heterocycles. The number of benzene rings is 1. The number of carbonyl (C=O) groups is 1. The van der Waals surface area contributed by atoms with Crippen LogP contribution in [0.2, 0.25) is 5.02 Å². The zero-order chi connectivity index (χ0) is 12.7. The number of amides is 1. The SMILES string of the molecule is Cc1ccc(Cl)cc1NC(=O)CCCCCN. The molecule has 0 bridgehead atoms. The first-order valence-electron chi connectivity index (χ1n) is 5.89. The Kier molecular flexibility index (Phi) is 6.01. The second kappa shape index (κ2) is 7.30. The molecule has 0 aliphatic rings. The van der Waals surface area contributed by atoms with Gasteiger partial charge in [-0.25, -0.2) is 0 Å². The number of hydrogen-bond acceptors (Lipinski definition) is 2. The molecule has 1 aromatic carbocycles. The minimum Gasteiger partial charge on any atom is -0.330 e. The molecule has 0 aromatic heterocycles. The molecule has 1 amide bonds. The van der Waals surface area contributed by atoms with E-state index < -0.39 is 0 Å². The summed E-state index contributed by atoms with van der Waals surface area (Å²) >= 11 is 5.88. The Morgan fingerprint density at radius 1 is 1.35 bits per heavy atom. The maximum absolute atomic E-state index is 11.7. The molecule has 0 spiro atoms. The predicted octanol–water partition coefficient (Wildman–Crippen LogP) is 3.11. The Balaban J connectivity index is 2.42. The summed E-state index contributed by atoms with van der Waals surface area (Å²) in [6, 6.07) is 5.48. The lowest BCUT2D eigenvalue weighted by Crippen LogP contribution is -2.12. The maximum Gasteiger partial charge on any atom is 0.224 e. The van der Waals surface area contributed by atoms with Gasteiger partial charge in [0.25, 0.3) is 0 Å². The van der Waals surface area contributed by atoms with Crippen molar-refractivity contribution in [2.75, 3.05) is 11.9 Å². The third-order valence-electron chi connectivity index (χ3n) is 2.58. The molecule has 4 heteroatoms. The number of rotatable bonds is 6. The maximum atomic E-state index is 11.7. The van der Waals surface area contributed by atoms with Crippen LogP contribution in [-0.4, -0.2) is 12.5 Å². The monoisotopic (exact) mass is 254 g/mol. The Morgan fingerprint density at radius 3 is 2.82 bits per heavy atom. The van der Waals surface area contributed by atoms with E-state index in [1.54, 1.807) is 6.07 Å². The summed E-state index contributed by atoms with van der Waals surface area (Å²) in [6.07, 6.45) is 3.39. The van der Waals surface area contributed by atoms with Gasteiger partial charge in [0.15, 0.2) is 0 Å². The van der Waals surface area contributed by atoms with Crippen LogP contribution in [0.15, 0.2) is 18.2 Å². The average molecular weight is 255 g/mol. The van der Waals surface area contributed by atoms with Gasteiger partial charge in [0.1, 0.15) is 0 Å². The summed E-state index contributed by atoms with van der Waals surface area (Å²) in [5, 5.41) is 3.51. The van der Waals surface area contributed by atoms with Crippen molar-refractivity contribution in [3.63, 3.8) is 0 Å². The topological polar surface area (TPSA) is 55.1 Å². The smallest absolute Gasteiger partial charge is 0.224 e. The van der Waals surface area contributed by atoms with Crippen molar-refractivity contribution in [1.82, 2.24) is 0 Å². The number of unbranched alkanes of at least 4 members (excludes halogenated alkanes) is 2. The second-order valence-electron chi connectivity index (χ2n) is 4.11. The molecule has 0 saturated carbocycles. The fourth-order valence-electron chi connectivity index (χ4n) is 1.55. The molecule has 0 radical (unpaired) electrons. The van der Waals surface area contributed by atoms with Gasteiger partial charge in [0.2, 0.25) is 5.91 Å². The molecular weight excluding hydrogens is 236 g/mol. The zero-order valence-corrected chi connectivity index (χ0v) is 10.9. The Labute approximate surface area is 107 Å². The highest BCUT2D eigenvalue weighted by Crippen LogP contribution is 2.20. The molecule has 0 fully saturated rings. The van der Waals surface area contributed by atoms with Gasteiger partial charge in [-0.3, -0.25) is 4.79 Å². The number of nitrogens with two attached hydrogens (primary N) is 1. The minimum atomic E-state index is 0.0346. The summed E-state index contributed by atoms with van der Waals surface area (Å²) in [4.78, 5) is 11.7. The van der Waals surface area contributed by atoms with Crippen molar-refractivity contribution in [2.45, 2.75) is 32.6 Å². The number of anilines is 1. The van der Waals surface area contributed by atoms with E-state index in [0.29, 0.717) is 18.0 Å². The van der Waals surface area contributed by atoms with Crippen LogP contribution in [0, 0.1) is 6.92 Å². The van der Waals surface area contributed by atoms with E-state index >= 15 is 0 Å². The molecule has 0 aliphatic heterocycles. The van der Waals surface area contributed by atoms with E-state index in [4.69, 9.17) is 17.3 Å². The molecule has 1 rings (SSSR count). The molecule has 0 heterocycles. The molecule has 17 heavy (non-hydrogen) atoms. The molecule has 1 aromatic rings. The number of nitrogens with one attached hydrogen (secondary N) is 1. The van der Waals surface area contributed by atoms with E-state index in [2.05, 4.69) is 5.32 Å². The Hall–Kier alpha value is -1.06. The summed E-state index contributed by atoms with van der Waals surface area (Å²) in [5.41, 5.74) is 7.20. The molecule has 0 unspecified atom stereocenters. The molecular formula is C13H19ClN2O. The lowest BCUT2D eigenvalue weighted by Gasteiger charge is -2.08. The fourth-order valence-corrected chi connectivity index (χ4v) is 1.72. The molecule has 3 N–H and O–H groups in total. The van der Waals surface area contributed by atoms with Gasteiger partial charge in [0, 0.05) is 17.1 Å². The third kappa shape index (κ3) is 5.20. The van der Waals surface area contributed by atoms with Crippen LogP contribution in [0.4, 0.5) is 5.69 Å². The lowest BCUT2D eigenvalue weighted by atomic mass is 10.1. The number of halogens is 1. The van der Waals surface area contributed by atoms with Crippen molar-refractivity contribution in [3.05, 3.63) is 28.8 Å². The van der Waals surface area contributed by atoms with Crippen molar-refractivity contribution < 1.29 is 4.79 Å². The number of aryl methyl sites for hydroxylation is 1. The summed E-state index contributed by atoms with van der Waals surface area (Å²) in [5.74, 6) is 0.0346. The van der Waals surface area contributed by atoms with Crippen molar-refractivity contribution >= 4 is 23.2 Å². The third-order valence-corrected chi connectivity index (χ3v) is 2.82. The van der Waals surface area contributed by atoms with Gasteiger partial charge < -0.3 is 11.1 Å². The van der Waals surface area contributed by atoms with Crippen LogP contribution < -0.4 is 11.1 Å². The van der Waals surface area contributed by atoms with Gasteiger partial charge in [-0.2, -0.15) is 0 Å². The summed E-state index contributed by atoms with van der Waals surface area (Å²) in [7, 11) is 0. The first kappa shape index (κ1) is 14.0. The van der Waals surface area contributed by atoms with Crippen LogP contribution in [0.25, 0.3) is 0 Å². The standard InChI is InChI=1S/C13H19ClN2O/c1-10-6-7-11(14)9-12(10)16-13(17)5-3-2-4-8-15/h6-7,9H,2-5,8,15H2,1H3,(H,16,17). The first-order valence-corrected chi connectivity index (χ1v) is 6.27. The van der Waals surface area contributed by atoms with Gasteiger partial charge in [-0.1, -0.05) is 24.1 Å². The molecule has 0 atom stereocenters. The Morgan fingerprint density at radius 2 is 2.12 bits per heavy atom. The van der Waals surface area contributed by atoms with Gasteiger partial charge >= 0.3 is 0 Å². The molecule has 94 valence electrons. The van der Waals surface area contributed by atoms with E-state index in [-0.39, 0.29) is 5.91 Å². The van der Waals surface area contributed by atoms with Crippen LogP contribution in [0.1, 0.15) is 31.2 Å². The Bertz CT molecular complexity index is 380. The first-order chi connectivity index (χ1) is 8.13. The van der Waals surface area contributed by atoms with Gasteiger partial charge in [-0.05, 0) is 44.0 Å². The largest absolute Gasteiger partial charge is 0.330 e. The summed E-state index contributed by atoms with van der Waals surface area (Å²) in [6.45, 7) is 2.63. The van der Waals surface area contributed by atoms with Gasteiger partial charge in [0.05, 0.1) is 0 Å². The highest BCUT2D eigenvalue weighted by atomic mass is 35.5. The predicted molar refractivity (Wildman–Crippen MR) is 72.3 cm³/mol. The zero-order valence-electron chi connectivity index (χ0n) is 10.1. The fraction of sp³-hybridized carbons (Fsp3) is 0.462. The molecule has 3 nitrogen and oxygen atoms in total. The van der Waals surface area contributed by atoms with Crippen LogP contribution in [0.5, 0.6) is 0 Å². The highest BCUT2D eigenvalue weighted by Gasteiger charge is 2.05. The van der Waals surface area contributed by atoms with Crippen molar-refractivity contribution in [2.24, 2.45) is 5.73 Å². The number of carbonyl (C=O) groups excluding carboxylic acids is 1. The van der Waals surface area contributed by atoms with E-state index in [1.165, 1.54) is 0 Å². The quantitative estimate of drug-likeness (QED) is 0.767. The van der Waals surface area contributed by atoms with Crippen LogP contribution >= 0.6 is 11.6 Å². The molecule has 0 aliphatic carbocycles. The van der Waals surface area contributed by atoms with E-state index in [9.17, 15) is 4.79 Å². The minimum absolute atomic E-state index is 0.0346. The van der Waals surface area contributed by atoms with Gasteiger partial charge in [-0.15, -0.1) is 0 Å². The average Bonchev–Trinajstić information content (AvgIpc) is 2.29. The van der Waals surface area contributed by atoms with Crippen LogP contribution in [-0.2, 0) is 4.79 Å². The highest BCUT2D eigenvalue weighted by molar-refractivity contribution is 6.31. The van der Waals surface area contributed by atoms with E-state index in [1.807, 2.05) is 19.1 Å². The van der Waals surface area contributed by atoms with Crippen molar-refractivity contribution in [1.29, 1.82) is 0 Å². The summed E-state index contributed by atoms with van der Waals surface area (Å²) < 4.78 is 0. The van der Waals surface area contributed by atoms with Crippen molar-refractivity contribution in [3.8, 4) is 0 Å². The second-order valence-corrected chi connectivity index (χ2v) is 4.54. The lowest BCUT2D eigenvalue weighted by molar-refractivity contribution is -0.116. The van der Waals surface area contributed by atoms with Crippen LogP contribution in [0.3, 0.4) is 0 Å². The number of hydrogen-bond donors (Lipinski definition) is 2.